The highest BCUT2D eigenvalue weighted by Crippen LogP contribution is 2.59. The summed E-state index contributed by atoms with van der Waals surface area (Å²) < 4.78 is 45.7. The third-order valence-corrected chi connectivity index (χ3v) is 7.62. The summed E-state index contributed by atoms with van der Waals surface area (Å²) >= 11 is 0. The number of nitrogens with one attached hydrogen (secondary N) is 1. The molecule has 1 N–H and O–H groups in total. The van der Waals surface area contributed by atoms with Crippen LogP contribution in [0, 0.1) is 19.7 Å². The van der Waals surface area contributed by atoms with Gasteiger partial charge in [0.2, 0.25) is 0 Å². The van der Waals surface area contributed by atoms with Gasteiger partial charge in [0.15, 0.2) is 5.78 Å². The molecule has 10 nitrogen and oxygen atoms in total. The Kier molecular flexibility index (Phi) is 7.97. The second kappa shape index (κ2) is 11.2. The summed E-state index contributed by atoms with van der Waals surface area (Å²) in [6, 6.07) is 13.6. The number of carbonyl (C=O) groups is 1. The summed E-state index contributed by atoms with van der Waals surface area (Å²) in [6.07, 6.45) is 0. The number of ether oxygens (including phenoxy) is 1. The van der Waals surface area contributed by atoms with Gasteiger partial charge in [-0.05, 0) is 63.6 Å². The number of rotatable bonds is 10. The fourth-order valence-electron chi connectivity index (χ4n) is 3.77. The van der Waals surface area contributed by atoms with E-state index in [0.29, 0.717) is 11.3 Å². The van der Waals surface area contributed by atoms with E-state index in [1.54, 1.807) is 38.1 Å². The first-order valence-corrected chi connectivity index (χ1v) is 13.3. The van der Waals surface area contributed by atoms with Crippen molar-refractivity contribution in [3.05, 3.63) is 82.9 Å². The molecule has 0 spiro atoms. The standard InChI is InChI=1S/C25H27FN5O5P/c1-5-34-37(33,35-6-2)23(18-11-13-19(26)14-12-18)28-22(32)20-9-7-8-10-21(20)36-25-29-24-27-16(3)15-17(4)31(24)30-25/h7-15,23H,5-6H2,1-4H3,(H,28,32). The van der Waals surface area contributed by atoms with Crippen LogP contribution in [-0.2, 0) is 13.6 Å². The minimum absolute atomic E-state index is 0.00541. The summed E-state index contributed by atoms with van der Waals surface area (Å²) in [4.78, 5) is 22.1. The van der Waals surface area contributed by atoms with E-state index in [-0.39, 0.29) is 30.5 Å². The zero-order chi connectivity index (χ0) is 26.6. The molecule has 194 valence electrons. The Labute approximate surface area is 213 Å². The summed E-state index contributed by atoms with van der Waals surface area (Å²) in [6.45, 7) is 7.21. The van der Waals surface area contributed by atoms with Gasteiger partial charge in [0, 0.05) is 11.4 Å². The van der Waals surface area contributed by atoms with Crippen LogP contribution >= 0.6 is 7.60 Å². The largest absolute Gasteiger partial charge is 0.422 e. The van der Waals surface area contributed by atoms with Crippen molar-refractivity contribution in [1.82, 2.24) is 24.9 Å². The molecule has 1 unspecified atom stereocenters. The van der Waals surface area contributed by atoms with Crippen molar-refractivity contribution in [2.24, 2.45) is 0 Å². The van der Waals surface area contributed by atoms with Crippen LogP contribution in [0.3, 0.4) is 0 Å². The van der Waals surface area contributed by atoms with Crippen LogP contribution in [0.4, 0.5) is 4.39 Å². The van der Waals surface area contributed by atoms with Crippen LogP contribution < -0.4 is 10.1 Å². The molecular weight excluding hydrogens is 500 g/mol. The Bertz CT molecular complexity index is 1450. The lowest BCUT2D eigenvalue weighted by atomic mass is 10.1. The first kappa shape index (κ1) is 26.4. The maximum Gasteiger partial charge on any atom is 0.357 e. The predicted octanol–water partition coefficient (Wildman–Crippen LogP) is 5.37. The van der Waals surface area contributed by atoms with Crippen molar-refractivity contribution < 1.29 is 27.5 Å². The fraction of sp³-hybridized carbons (Fsp3) is 0.280. The highest BCUT2D eigenvalue weighted by atomic mass is 31.2. The van der Waals surface area contributed by atoms with Gasteiger partial charge < -0.3 is 19.1 Å². The SMILES string of the molecule is CCOP(=O)(OCC)C(NC(=O)c1ccccc1Oc1nc2nc(C)cc(C)n2n1)c1ccc(F)cc1. The fourth-order valence-corrected chi connectivity index (χ4v) is 5.68. The number of carbonyl (C=O) groups excluding carboxylic acids is 1. The van der Waals surface area contributed by atoms with Crippen molar-refractivity contribution in [3.8, 4) is 11.8 Å². The zero-order valence-electron chi connectivity index (χ0n) is 20.8. The Balaban J connectivity index is 1.67. The number of hydrogen-bond donors (Lipinski definition) is 1. The second-order valence-corrected chi connectivity index (χ2v) is 10.2. The molecule has 0 radical (unpaired) electrons. The molecule has 12 heteroatoms. The maximum atomic E-state index is 13.7. The normalized spacial score (nSPS) is 12.5. The summed E-state index contributed by atoms with van der Waals surface area (Å²) in [5.41, 5.74) is 2.09. The lowest BCUT2D eigenvalue weighted by molar-refractivity contribution is 0.0934. The molecule has 2 aromatic heterocycles. The van der Waals surface area contributed by atoms with E-state index in [4.69, 9.17) is 13.8 Å². The van der Waals surface area contributed by atoms with Gasteiger partial charge in [0.05, 0.1) is 18.8 Å². The molecular formula is C25H27FN5O5P. The van der Waals surface area contributed by atoms with E-state index < -0.39 is 25.1 Å². The monoisotopic (exact) mass is 527 g/mol. The van der Waals surface area contributed by atoms with Gasteiger partial charge >= 0.3 is 13.6 Å². The number of hydrogen-bond acceptors (Lipinski definition) is 8. The Hall–Kier alpha value is -3.66. The average molecular weight is 527 g/mol. The van der Waals surface area contributed by atoms with Gasteiger partial charge in [0.25, 0.3) is 11.7 Å². The highest BCUT2D eigenvalue weighted by Gasteiger charge is 2.38. The number of aryl methyl sites for hydroxylation is 2. The van der Waals surface area contributed by atoms with Gasteiger partial charge in [-0.3, -0.25) is 9.36 Å². The molecule has 0 aliphatic carbocycles. The van der Waals surface area contributed by atoms with E-state index in [9.17, 15) is 13.8 Å². The smallest absolute Gasteiger partial charge is 0.357 e. The number of aromatic nitrogens is 4. The van der Waals surface area contributed by atoms with E-state index in [1.165, 1.54) is 28.8 Å². The van der Waals surface area contributed by atoms with Gasteiger partial charge in [-0.1, -0.05) is 24.3 Å². The van der Waals surface area contributed by atoms with Crippen LogP contribution in [0.1, 0.15) is 46.9 Å². The molecule has 1 atom stereocenters. The molecule has 0 saturated carbocycles. The summed E-state index contributed by atoms with van der Waals surface area (Å²) in [5.74, 6) is -1.75. The second-order valence-electron chi connectivity index (χ2n) is 8.05. The minimum atomic E-state index is -3.88. The van der Waals surface area contributed by atoms with Gasteiger partial charge in [0.1, 0.15) is 11.6 Å². The Morgan fingerprint density at radius 3 is 2.41 bits per heavy atom. The number of halogens is 1. The molecule has 0 saturated heterocycles. The van der Waals surface area contributed by atoms with Crippen LogP contribution in [0.15, 0.2) is 54.6 Å². The molecule has 0 aliphatic heterocycles. The number of amides is 1. The molecule has 0 fully saturated rings. The van der Waals surface area contributed by atoms with Crippen LogP contribution in [0.25, 0.3) is 5.78 Å². The topological polar surface area (TPSA) is 117 Å². The summed E-state index contributed by atoms with van der Waals surface area (Å²) in [5, 5.41) is 7.06. The van der Waals surface area contributed by atoms with Gasteiger partial charge in [-0.25, -0.2) is 9.37 Å². The number of para-hydroxylation sites is 1. The van der Waals surface area contributed by atoms with E-state index in [0.717, 1.165) is 11.4 Å². The molecule has 2 aromatic carbocycles. The molecule has 2 heterocycles. The van der Waals surface area contributed by atoms with Crippen molar-refractivity contribution in [2.45, 2.75) is 33.5 Å². The average Bonchev–Trinajstić information content (AvgIpc) is 3.26. The number of nitrogens with zero attached hydrogens (tertiary/aromatic N) is 4. The van der Waals surface area contributed by atoms with E-state index >= 15 is 0 Å². The molecule has 1 amide bonds. The highest BCUT2D eigenvalue weighted by molar-refractivity contribution is 7.54. The maximum absolute atomic E-state index is 13.7. The van der Waals surface area contributed by atoms with E-state index in [2.05, 4.69) is 20.4 Å². The van der Waals surface area contributed by atoms with Gasteiger partial charge in [-0.15, -0.1) is 5.10 Å². The molecule has 4 rings (SSSR count). The Morgan fingerprint density at radius 2 is 1.73 bits per heavy atom. The van der Waals surface area contributed by atoms with Crippen LogP contribution in [0.2, 0.25) is 0 Å². The summed E-state index contributed by atoms with van der Waals surface area (Å²) in [7, 11) is -3.88. The molecule has 0 bridgehead atoms. The number of benzene rings is 2. The lowest BCUT2D eigenvalue weighted by Gasteiger charge is -2.27. The zero-order valence-corrected chi connectivity index (χ0v) is 21.7. The van der Waals surface area contributed by atoms with Crippen molar-refractivity contribution >= 4 is 19.3 Å². The molecule has 0 aliphatic rings. The number of fused-ring (bicyclic) bond motifs is 1. The van der Waals surface area contributed by atoms with E-state index in [1.807, 2.05) is 19.9 Å². The first-order chi connectivity index (χ1) is 17.7. The van der Waals surface area contributed by atoms with Crippen molar-refractivity contribution in [3.63, 3.8) is 0 Å². The van der Waals surface area contributed by atoms with Crippen molar-refractivity contribution in [2.75, 3.05) is 13.2 Å². The van der Waals surface area contributed by atoms with Crippen molar-refractivity contribution in [1.29, 1.82) is 0 Å². The van der Waals surface area contributed by atoms with Gasteiger partial charge in [-0.2, -0.15) is 9.50 Å². The first-order valence-electron chi connectivity index (χ1n) is 11.7. The molecule has 37 heavy (non-hydrogen) atoms. The van der Waals surface area contributed by atoms with Crippen LogP contribution in [-0.4, -0.2) is 38.7 Å². The third-order valence-electron chi connectivity index (χ3n) is 5.32. The Morgan fingerprint density at radius 1 is 1.05 bits per heavy atom. The lowest BCUT2D eigenvalue weighted by Crippen LogP contribution is -2.30. The third kappa shape index (κ3) is 5.85. The van der Waals surface area contributed by atoms with Crippen LogP contribution in [0.5, 0.6) is 11.8 Å². The quantitative estimate of drug-likeness (QED) is 0.274. The minimum Gasteiger partial charge on any atom is -0.422 e. The molecule has 4 aromatic rings. The predicted molar refractivity (Wildman–Crippen MR) is 134 cm³/mol.